The Labute approximate surface area is 157 Å². The highest BCUT2D eigenvalue weighted by Gasteiger charge is 2.12. The standard InChI is InChI=1S/C20H20ClNO4/c1-14(23)22-12-2-3-15-4-6-16(7-5-15)19(24)13-26-20(25)17-8-10-18(21)11-9-17/h4-11H,2-3,12-13H2,1H3,(H,22,23). The van der Waals surface area contributed by atoms with Gasteiger partial charge < -0.3 is 10.1 Å². The molecule has 0 aromatic heterocycles. The topological polar surface area (TPSA) is 72.5 Å². The summed E-state index contributed by atoms with van der Waals surface area (Å²) in [6, 6.07) is 13.4. The molecule has 0 aliphatic rings. The summed E-state index contributed by atoms with van der Waals surface area (Å²) in [4.78, 5) is 34.8. The number of hydrogen-bond donors (Lipinski definition) is 1. The third-order valence-corrected chi connectivity index (χ3v) is 3.96. The molecule has 0 saturated carbocycles. The number of ether oxygens (including phenoxy) is 1. The number of Topliss-reactive ketones (excluding diaryl/α,β-unsaturated/α-hetero) is 1. The Kier molecular flexibility index (Phi) is 7.36. The second-order valence-corrected chi connectivity index (χ2v) is 6.23. The molecule has 0 spiro atoms. The lowest BCUT2D eigenvalue weighted by atomic mass is 10.1. The zero-order valence-corrected chi connectivity index (χ0v) is 15.2. The quantitative estimate of drug-likeness (QED) is 0.437. The first-order chi connectivity index (χ1) is 12.5. The summed E-state index contributed by atoms with van der Waals surface area (Å²) >= 11 is 5.77. The largest absolute Gasteiger partial charge is 0.454 e. The summed E-state index contributed by atoms with van der Waals surface area (Å²) in [5, 5.41) is 3.26. The molecule has 6 heteroatoms. The molecule has 2 rings (SSSR count). The third-order valence-electron chi connectivity index (χ3n) is 3.71. The summed E-state index contributed by atoms with van der Waals surface area (Å²) in [7, 11) is 0. The number of aryl methyl sites for hydroxylation is 1. The van der Waals surface area contributed by atoms with Gasteiger partial charge in [0.1, 0.15) is 0 Å². The van der Waals surface area contributed by atoms with E-state index in [0.717, 1.165) is 18.4 Å². The number of halogens is 1. The Bertz CT molecular complexity index is 769. The summed E-state index contributed by atoms with van der Waals surface area (Å²) in [5.74, 6) is -0.874. The van der Waals surface area contributed by atoms with E-state index in [0.29, 0.717) is 22.7 Å². The molecule has 0 unspecified atom stereocenters. The first-order valence-electron chi connectivity index (χ1n) is 8.25. The summed E-state index contributed by atoms with van der Waals surface area (Å²) in [6.45, 7) is 1.79. The van der Waals surface area contributed by atoms with Crippen molar-refractivity contribution in [3.8, 4) is 0 Å². The van der Waals surface area contributed by atoms with Gasteiger partial charge in [0.15, 0.2) is 12.4 Å². The van der Waals surface area contributed by atoms with E-state index in [4.69, 9.17) is 16.3 Å². The fourth-order valence-electron chi connectivity index (χ4n) is 2.30. The number of benzene rings is 2. The highest BCUT2D eigenvalue weighted by atomic mass is 35.5. The monoisotopic (exact) mass is 373 g/mol. The molecule has 0 aliphatic carbocycles. The lowest BCUT2D eigenvalue weighted by molar-refractivity contribution is -0.118. The molecule has 2 aromatic rings. The van der Waals surface area contributed by atoms with E-state index in [9.17, 15) is 14.4 Å². The van der Waals surface area contributed by atoms with E-state index in [1.165, 1.54) is 6.92 Å². The first kappa shape index (κ1) is 19.7. The molecule has 0 atom stereocenters. The minimum absolute atomic E-state index is 0.0425. The van der Waals surface area contributed by atoms with Gasteiger partial charge in [-0.15, -0.1) is 0 Å². The van der Waals surface area contributed by atoms with E-state index < -0.39 is 5.97 Å². The van der Waals surface area contributed by atoms with E-state index in [2.05, 4.69) is 5.32 Å². The van der Waals surface area contributed by atoms with Gasteiger partial charge in [0.2, 0.25) is 5.91 Å². The molecule has 26 heavy (non-hydrogen) atoms. The van der Waals surface area contributed by atoms with Crippen molar-refractivity contribution in [3.63, 3.8) is 0 Å². The van der Waals surface area contributed by atoms with Gasteiger partial charge in [-0.05, 0) is 42.7 Å². The molecule has 0 heterocycles. The Morgan fingerprint density at radius 3 is 2.19 bits per heavy atom. The van der Waals surface area contributed by atoms with Crippen LogP contribution in [0.4, 0.5) is 0 Å². The number of esters is 1. The summed E-state index contributed by atoms with van der Waals surface area (Å²) in [6.07, 6.45) is 1.63. The van der Waals surface area contributed by atoms with E-state index in [1.807, 2.05) is 12.1 Å². The van der Waals surface area contributed by atoms with E-state index >= 15 is 0 Å². The molecule has 0 bridgehead atoms. The number of carbonyl (C=O) groups is 3. The minimum Gasteiger partial charge on any atom is -0.454 e. The second-order valence-electron chi connectivity index (χ2n) is 5.79. The average molecular weight is 374 g/mol. The molecular weight excluding hydrogens is 354 g/mol. The summed E-state index contributed by atoms with van der Waals surface area (Å²) in [5.41, 5.74) is 1.90. The van der Waals surface area contributed by atoms with Gasteiger partial charge in [-0.3, -0.25) is 9.59 Å². The van der Waals surface area contributed by atoms with Crippen LogP contribution in [0.25, 0.3) is 0 Å². The van der Waals surface area contributed by atoms with Crippen molar-refractivity contribution in [2.45, 2.75) is 19.8 Å². The van der Waals surface area contributed by atoms with Crippen LogP contribution < -0.4 is 5.32 Å². The number of hydrogen-bond acceptors (Lipinski definition) is 4. The van der Waals surface area contributed by atoms with Crippen molar-refractivity contribution in [1.29, 1.82) is 0 Å². The number of carbonyl (C=O) groups excluding carboxylic acids is 3. The SMILES string of the molecule is CC(=O)NCCCc1ccc(C(=O)COC(=O)c2ccc(Cl)cc2)cc1. The Balaban J connectivity index is 1.81. The highest BCUT2D eigenvalue weighted by molar-refractivity contribution is 6.30. The van der Waals surface area contributed by atoms with Gasteiger partial charge in [-0.1, -0.05) is 35.9 Å². The summed E-state index contributed by atoms with van der Waals surface area (Å²) < 4.78 is 5.04. The lowest BCUT2D eigenvalue weighted by Crippen LogP contribution is -2.21. The van der Waals surface area contributed by atoms with Crippen LogP contribution in [0, 0.1) is 0 Å². The van der Waals surface area contributed by atoms with Crippen molar-refractivity contribution in [2.75, 3.05) is 13.2 Å². The average Bonchev–Trinajstić information content (AvgIpc) is 2.64. The van der Waals surface area contributed by atoms with Crippen LogP contribution in [-0.2, 0) is 16.0 Å². The third kappa shape index (κ3) is 6.33. The first-order valence-corrected chi connectivity index (χ1v) is 8.63. The zero-order chi connectivity index (χ0) is 18.9. The molecular formula is C20H20ClNO4. The fourth-order valence-corrected chi connectivity index (χ4v) is 2.42. The maximum Gasteiger partial charge on any atom is 0.338 e. The van der Waals surface area contributed by atoms with E-state index in [1.54, 1.807) is 36.4 Å². The van der Waals surface area contributed by atoms with Crippen molar-refractivity contribution < 1.29 is 19.1 Å². The second kappa shape index (κ2) is 9.73. The highest BCUT2D eigenvalue weighted by Crippen LogP contribution is 2.11. The molecule has 0 fully saturated rings. The molecule has 136 valence electrons. The predicted molar refractivity (Wildman–Crippen MR) is 99.5 cm³/mol. The lowest BCUT2D eigenvalue weighted by Gasteiger charge is -2.06. The number of ketones is 1. The van der Waals surface area contributed by atoms with Gasteiger partial charge in [-0.25, -0.2) is 4.79 Å². The van der Waals surface area contributed by atoms with E-state index in [-0.39, 0.29) is 18.3 Å². The number of rotatable bonds is 8. The van der Waals surface area contributed by atoms with Crippen LogP contribution in [0.1, 0.15) is 39.6 Å². The molecule has 1 amide bonds. The Morgan fingerprint density at radius 1 is 0.962 bits per heavy atom. The van der Waals surface area contributed by atoms with Gasteiger partial charge in [0.05, 0.1) is 5.56 Å². The van der Waals surface area contributed by atoms with Crippen LogP contribution in [0.15, 0.2) is 48.5 Å². The van der Waals surface area contributed by atoms with Crippen molar-refractivity contribution >= 4 is 29.3 Å². The molecule has 0 radical (unpaired) electrons. The van der Waals surface area contributed by atoms with Crippen LogP contribution in [0.5, 0.6) is 0 Å². The maximum absolute atomic E-state index is 12.1. The van der Waals surface area contributed by atoms with Crippen molar-refractivity contribution in [1.82, 2.24) is 5.32 Å². The van der Waals surface area contributed by atoms with Gasteiger partial charge in [0, 0.05) is 24.1 Å². The van der Waals surface area contributed by atoms with Gasteiger partial charge in [0.25, 0.3) is 0 Å². The van der Waals surface area contributed by atoms with Crippen LogP contribution in [-0.4, -0.2) is 30.8 Å². The minimum atomic E-state index is -0.565. The van der Waals surface area contributed by atoms with Gasteiger partial charge in [-0.2, -0.15) is 0 Å². The molecule has 1 N–H and O–H groups in total. The normalized spacial score (nSPS) is 10.2. The molecule has 2 aromatic carbocycles. The Morgan fingerprint density at radius 2 is 1.58 bits per heavy atom. The maximum atomic E-state index is 12.1. The molecule has 0 aliphatic heterocycles. The fraction of sp³-hybridized carbons (Fsp3) is 0.250. The Hall–Kier alpha value is -2.66. The van der Waals surface area contributed by atoms with Crippen LogP contribution in [0.3, 0.4) is 0 Å². The smallest absolute Gasteiger partial charge is 0.338 e. The van der Waals surface area contributed by atoms with Crippen molar-refractivity contribution in [2.24, 2.45) is 0 Å². The van der Waals surface area contributed by atoms with Crippen LogP contribution >= 0.6 is 11.6 Å². The zero-order valence-electron chi connectivity index (χ0n) is 14.5. The molecule has 0 saturated heterocycles. The van der Waals surface area contributed by atoms with Gasteiger partial charge >= 0.3 is 5.97 Å². The molecule has 5 nitrogen and oxygen atoms in total. The number of nitrogens with one attached hydrogen (secondary N) is 1. The van der Waals surface area contributed by atoms with Crippen LogP contribution in [0.2, 0.25) is 5.02 Å². The predicted octanol–water partition coefficient (Wildman–Crippen LogP) is 3.45. The van der Waals surface area contributed by atoms with Crippen molar-refractivity contribution in [3.05, 3.63) is 70.2 Å². The number of amides is 1.